The van der Waals surface area contributed by atoms with E-state index in [1.807, 2.05) is 0 Å². The number of hydrogen-bond donors (Lipinski definition) is 0. The molecule has 0 rings (SSSR count). The van der Waals surface area contributed by atoms with E-state index in [0.717, 1.165) is 0 Å². The number of rotatable bonds is 9. The molecule has 7 heteroatoms. The zero-order valence-corrected chi connectivity index (χ0v) is 26.0. The SMILES string of the molecule is CC[PH+](CC)CC.CC[PH+](CC)CC.CC[PH+](CC)CC.[Cl][Ir]([Cl])[Cl]. The van der Waals surface area contributed by atoms with E-state index in [0.29, 0.717) is 0 Å². The van der Waals surface area contributed by atoms with Crippen LogP contribution in [-0.2, 0) is 13.5 Å². The van der Waals surface area contributed by atoms with Gasteiger partial charge in [-0.25, -0.2) is 0 Å². The molecule has 0 aliphatic heterocycles. The summed E-state index contributed by atoms with van der Waals surface area (Å²) in [6, 6.07) is 0. The molecule has 0 radical (unpaired) electrons. The van der Waals surface area contributed by atoms with Crippen molar-refractivity contribution in [3.05, 3.63) is 0 Å². The number of hydrogen-bond acceptors (Lipinski definition) is 0. The Morgan fingerprint density at radius 1 is 0.400 bits per heavy atom. The second-order valence-corrected chi connectivity index (χ2v) is 26.8. The van der Waals surface area contributed by atoms with Crippen molar-refractivity contribution in [2.24, 2.45) is 0 Å². The molecule has 0 fully saturated rings. The minimum atomic E-state index is -1.92. The first-order valence-electron chi connectivity index (χ1n) is 9.92. The average molecular weight is 656 g/mol. The van der Waals surface area contributed by atoms with Gasteiger partial charge in [-0.05, 0) is 86.1 Å². The Balaban J connectivity index is -0.000000120. The van der Waals surface area contributed by atoms with E-state index < -0.39 is 13.5 Å². The van der Waals surface area contributed by atoms with Crippen LogP contribution in [0.1, 0.15) is 62.3 Å². The van der Waals surface area contributed by atoms with Crippen LogP contribution >= 0.6 is 52.5 Å². The Kier molecular flexibility index (Phi) is 44.4. The first-order chi connectivity index (χ1) is 11.8. The molecule has 0 unspecified atom stereocenters. The maximum atomic E-state index is 4.97. The fourth-order valence-electron chi connectivity index (χ4n) is 2.25. The van der Waals surface area contributed by atoms with Gasteiger partial charge in [0.15, 0.2) is 0 Å². The van der Waals surface area contributed by atoms with Crippen molar-refractivity contribution in [1.29, 1.82) is 0 Å². The minimum absolute atomic E-state index is 0.137. The van der Waals surface area contributed by atoms with E-state index in [2.05, 4.69) is 62.3 Å². The summed E-state index contributed by atoms with van der Waals surface area (Å²) in [5.41, 5.74) is 0. The summed E-state index contributed by atoms with van der Waals surface area (Å²) >= 11 is -1.92. The summed E-state index contributed by atoms with van der Waals surface area (Å²) in [6.45, 7) is 20.8. The van der Waals surface area contributed by atoms with Crippen molar-refractivity contribution in [3.8, 4) is 0 Å². The van der Waals surface area contributed by atoms with Gasteiger partial charge in [0.05, 0.1) is 55.5 Å². The normalized spacial score (nSPS) is 10.4. The van der Waals surface area contributed by atoms with Crippen LogP contribution in [0, 0.1) is 0 Å². The molecule has 0 nitrogen and oxygen atoms in total. The molecule has 0 N–H and O–H groups in total. The summed E-state index contributed by atoms with van der Waals surface area (Å²) < 4.78 is 0. The second-order valence-electron chi connectivity index (χ2n) is 5.57. The van der Waals surface area contributed by atoms with Crippen LogP contribution < -0.4 is 0 Å². The third-order valence-corrected chi connectivity index (χ3v) is 13.5. The summed E-state index contributed by atoms with van der Waals surface area (Å²) in [7, 11) is 15.3. The van der Waals surface area contributed by atoms with Crippen LogP contribution in [0.4, 0.5) is 0 Å². The summed E-state index contributed by atoms with van der Waals surface area (Å²) in [5.74, 6) is 0. The van der Waals surface area contributed by atoms with Gasteiger partial charge < -0.3 is 0 Å². The molecule has 25 heavy (non-hydrogen) atoms. The van der Waals surface area contributed by atoms with Crippen molar-refractivity contribution in [2.45, 2.75) is 62.3 Å². The standard InChI is InChI=1S/3C6H15P.3ClH.Ir/c3*1-4-7(5-2)6-3;;;;/h3*4-6H2,1-3H3;3*1H;/q;;;;;;+3. The van der Waals surface area contributed by atoms with Gasteiger partial charge in [0.25, 0.3) is 0 Å². The zero-order valence-electron chi connectivity index (χ0n) is 18.3. The third kappa shape index (κ3) is 38.1. The first-order valence-corrected chi connectivity index (χ1v) is 25.2. The molecule has 0 spiro atoms. The van der Waals surface area contributed by atoms with Gasteiger partial charge in [0.2, 0.25) is 0 Å². The van der Waals surface area contributed by atoms with Crippen LogP contribution in [0.2, 0.25) is 0 Å². The van der Waals surface area contributed by atoms with Crippen LogP contribution in [0.25, 0.3) is 0 Å². The van der Waals surface area contributed by atoms with Gasteiger partial charge in [-0.1, -0.05) is 0 Å². The van der Waals surface area contributed by atoms with E-state index >= 15 is 0 Å². The topological polar surface area (TPSA) is 0 Å². The molecule has 0 amide bonds. The van der Waals surface area contributed by atoms with Gasteiger partial charge in [-0.2, -0.15) is 0 Å². The van der Waals surface area contributed by atoms with Crippen LogP contribution in [0.3, 0.4) is 0 Å². The predicted octanol–water partition coefficient (Wildman–Crippen LogP) is 8.85. The third-order valence-electron chi connectivity index (χ3n) is 4.50. The van der Waals surface area contributed by atoms with Gasteiger partial charge >= 0.3 is 42.2 Å². The molecular weight excluding hydrogens is 608 g/mol. The zero-order chi connectivity index (χ0) is 20.7. The molecule has 0 atom stereocenters. The Bertz CT molecular complexity index is 154. The van der Waals surface area contributed by atoms with Crippen molar-refractivity contribution >= 4 is 52.5 Å². The monoisotopic (exact) mass is 655 g/mol. The maximum absolute atomic E-state index is 4.97. The summed E-state index contributed by atoms with van der Waals surface area (Å²) in [5, 5.41) is 0. The summed E-state index contributed by atoms with van der Waals surface area (Å²) in [6.07, 6.45) is 13.1. The quantitative estimate of drug-likeness (QED) is 0.218. The molecule has 0 aliphatic carbocycles. The van der Waals surface area contributed by atoms with Gasteiger partial charge in [-0.3, -0.25) is 0 Å². The van der Waals surface area contributed by atoms with Crippen molar-refractivity contribution in [1.82, 2.24) is 0 Å². The van der Waals surface area contributed by atoms with Crippen LogP contribution in [0.15, 0.2) is 0 Å². The molecule has 162 valence electrons. The van der Waals surface area contributed by atoms with Crippen LogP contribution in [0.5, 0.6) is 0 Å². The molecule has 0 aliphatic rings. The van der Waals surface area contributed by atoms with Gasteiger partial charge in [-0.15, -0.1) is 0 Å². The summed E-state index contributed by atoms with van der Waals surface area (Å²) in [4.78, 5) is 0. The molecule has 0 aromatic heterocycles. The molecule has 0 saturated carbocycles. The van der Waals surface area contributed by atoms with E-state index in [1.54, 1.807) is 0 Å². The van der Waals surface area contributed by atoms with Gasteiger partial charge in [0.1, 0.15) is 0 Å². The Morgan fingerprint density at radius 2 is 0.480 bits per heavy atom. The molecule has 0 heterocycles. The van der Waals surface area contributed by atoms with Gasteiger partial charge in [0, 0.05) is 0 Å². The predicted molar refractivity (Wildman–Crippen MR) is 137 cm³/mol. The van der Waals surface area contributed by atoms with Crippen molar-refractivity contribution in [2.75, 3.05) is 55.5 Å². The van der Waals surface area contributed by atoms with Crippen molar-refractivity contribution in [3.63, 3.8) is 0 Å². The van der Waals surface area contributed by atoms with E-state index in [-0.39, 0.29) is 23.8 Å². The first kappa shape index (κ1) is 35.3. The fraction of sp³-hybridized carbons (Fsp3) is 1.00. The molecule has 0 saturated heterocycles. The Hall–Kier alpha value is 2.81. The van der Waals surface area contributed by atoms with Crippen molar-refractivity contribution < 1.29 is 13.5 Å². The van der Waals surface area contributed by atoms with Crippen LogP contribution in [-0.4, -0.2) is 55.5 Å². The molecular formula is C18H48Cl3IrP3+3. The van der Waals surface area contributed by atoms with E-state index in [4.69, 9.17) is 28.8 Å². The number of halogens is 3. The Labute approximate surface area is 182 Å². The molecule has 0 bridgehead atoms. The van der Waals surface area contributed by atoms with E-state index in [9.17, 15) is 0 Å². The second kappa shape index (κ2) is 31.5. The molecule has 0 aromatic carbocycles. The molecule has 0 aromatic rings. The average Bonchev–Trinajstić information content (AvgIpc) is 2.60. The fourth-order valence-corrected chi connectivity index (χ4v) is 6.75. The van der Waals surface area contributed by atoms with E-state index in [1.165, 1.54) is 55.5 Å². The Morgan fingerprint density at radius 3 is 0.480 bits per heavy atom.